The summed E-state index contributed by atoms with van der Waals surface area (Å²) in [6, 6.07) is 0. The van der Waals surface area contributed by atoms with Gasteiger partial charge in [0.2, 0.25) is 5.92 Å². The van der Waals surface area contributed by atoms with Crippen molar-refractivity contribution < 1.29 is 22.3 Å². The smallest absolute Gasteiger partial charge is 0.246 e. The number of rotatable bonds is 6. The van der Waals surface area contributed by atoms with E-state index < -0.39 is 27.9 Å². The average molecular weight is 284 g/mol. The van der Waals surface area contributed by atoms with Crippen LogP contribution in [0.2, 0.25) is 0 Å². The quantitative estimate of drug-likeness (QED) is 0.814. The Labute approximate surface area is 107 Å². The number of hydrogen-bond donors (Lipinski definition) is 1. The van der Waals surface area contributed by atoms with Crippen molar-refractivity contribution in [3.8, 4) is 0 Å². The third-order valence-electron chi connectivity index (χ3n) is 3.57. The molecule has 1 rings (SSSR count). The molecule has 0 spiro atoms. The van der Waals surface area contributed by atoms with E-state index in [2.05, 4.69) is 0 Å². The molecule has 0 saturated heterocycles. The highest BCUT2D eigenvalue weighted by Gasteiger charge is 2.28. The van der Waals surface area contributed by atoms with Crippen LogP contribution in [-0.2, 0) is 9.84 Å². The molecule has 0 bridgehead atoms. The highest BCUT2D eigenvalue weighted by atomic mass is 32.2. The normalized spacial score (nSPS) is 26.2. The number of alkyl halides is 2. The van der Waals surface area contributed by atoms with Gasteiger partial charge in [-0.1, -0.05) is 0 Å². The lowest BCUT2D eigenvalue weighted by atomic mass is 9.83. The van der Waals surface area contributed by atoms with Crippen LogP contribution in [0, 0.1) is 11.8 Å². The number of sulfone groups is 1. The average Bonchev–Trinajstić information content (AvgIpc) is 2.26. The van der Waals surface area contributed by atoms with Crippen molar-refractivity contribution in [3.63, 3.8) is 0 Å². The first-order valence-corrected chi connectivity index (χ1v) is 8.23. The van der Waals surface area contributed by atoms with Crippen LogP contribution in [0.15, 0.2) is 0 Å². The SMILES string of the molecule is CC(F)(F)CCS(=O)(=O)CC1CCC(CO)CC1. The number of aliphatic hydroxyl groups excluding tert-OH is 1. The standard InChI is InChI=1S/C12H22F2O3S/c1-12(13,14)6-7-18(16,17)9-11-4-2-10(8-15)3-5-11/h10-11,15H,2-9H2,1H3. The molecule has 1 aliphatic carbocycles. The third-order valence-corrected chi connectivity index (χ3v) is 5.37. The zero-order valence-corrected chi connectivity index (χ0v) is 11.6. The monoisotopic (exact) mass is 284 g/mol. The van der Waals surface area contributed by atoms with Crippen LogP contribution in [-0.4, -0.2) is 37.6 Å². The first-order chi connectivity index (χ1) is 8.22. The molecule has 1 saturated carbocycles. The molecule has 0 aromatic carbocycles. The molecule has 108 valence electrons. The summed E-state index contributed by atoms with van der Waals surface area (Å²) in [6.07, 6.45) is 2.61. The summed E-state index contributed by atoms with van der Waals surface area (Å²) in [7, 11) is -3.38. The predicted molar refractivity (Wildman–Crippen MR) is 66.4 cm³/mol. The summed E-state index contributed by atoms with van der Waals surface area (Å²) in [5.74, 6) is -2.98. The van der Waals surface area contributed by atoms with Crippen LogP contribution < -0.4 is 0 Å². The zero-order chi connectivity index (χ0) is 13.8. The second kappa shape index (κ2) is 6.28. The molecule has 0 radical (unpaired) electrons. The first kappa shape index (κ1) is 15.8. The van der Waals surface area contributed by atoms with Crippen LogP contribution in [0.25, 0.3) is 0 Å². The molecular weight excluding hydrogens is 262 g/mol. The molecule has 0 atom stereocenters. The van der Waals surface area contributed by atoms with Gasteiger partial charge in [-0.25, -0.2) is 17.2 Å². The van der Waals surface area contributed by atoms with E-state index in [1.807, 2.05) is 0 Å². The minimum Gasteiger partial charge on any atom is -0.396 e. The van der Waals surface area contributed by atoms with Crippen LogP contribution >= 0.6 is 0 Å². The third kappa shape index (κ3) is 6.09. The predicted octanol–water partition coefficient (Wildman–Crippen LogP) is 2.25. The van der Waals surface area contributed by atoms with E-state index in [1.165, 1.54) is 0 Å². The van der Waals surface area contributed by atoms with Crippen molar-refractivity contribution >= 4 is 9.84 Å². The van der Waals surface area contributed by atoms with E-state index in [1.54, 1.807) is 0 Å². The summed E-state index contributed by atoms with van der Waals surface area (Å²) >= 11 is 0. The topological polar surface area (TPSA) is 54.4 Å². The van der Waals surface area contributed by atoms with Gasteiger partial charge in [-0.05, 0) is 44.4 Å². The van der Waals surface area contributed by atoms with E-state index >= 15 is 0 Å². The molecule has 0 amide bonds. The fourth-order valence-corrected chi connectivity index (χ4v) is 4.25. The van der Waals surface area contributed by atoms with E-state index in [-0.39, 0.29) is 24.2 Å². The van der Waals surface area contributed by atoms with Gasteiger partial charge in [-0.2, -0.15) is 0 Å². The lowest BCUT2D eigenvalue weighted by Crippen LogP contribution is -2.26. The summed E-state index contributed by atoms with van der Waals surface area (Å²) in [5.41, 5.74) is 0. The summed E-state index contributed by atoms with van der Waals surface area (Å²) in [4.78, 5) is 0. The van der Waals surface area contributed by atoms with Crippen molar-refractivity contribution in [2.24, 2.45) is 11.8 Å². The fourth-order valence-electron chi connectivity index (χ4n) is 2.36. The van der Waals surface area contributed by atoms with Crippen molar-refractivity contribution in [2.75, 3.05) is 18.1 Å². The first-order valence-electron chi connectivity index (χ1n) is 6.41. The van der Waals surface area contributed by atoms with E-state index in [0.717, 1.165) is 32.6 Å². The molecule has 0 aliphatic heterocycles. The Kier molecular flexibility index (Phi) is 5.52. The molecular formula is C12H22F2O3S. The van der Waals surface area contributed by atoms with Crippen LogP contribution in [0.4, 0.5) is 8.78 Å². The molecule has 1 fully saturated rings. The lowest BCUT2D eigenvalue weighted by Gasteiger charge is -2.27. The Hall–Kier alpha value is -0.230. The van der Waals surface area contributed by atoms with Crippen LogP contribution in [0.3, 0.4) is 0 Å². The van der Waals surface area contributed by atoms with Crippen molar-refractivity contribution in [1.29, 1.82) is 0 Å². The summed E-state index contributed by atoms with van der Waals surface area (Å²) in [5, 5.41) is 8.98. The van der Waals surface area contributed by atoms with Crippen molar-refractivity contribution in [2.45, 2.75) is 45.0 Å². The van der Waals surface area contributed by atoms with Gasteiger partial charge in [0.25, 0.3) is 0 Å². The fraction of sp³-hybridized carbons (Fsp3) is 1.00. The molecule has 6 heteroatoms. The van der Waals surface area contributed by atoms with E-state index in [9.17, 15) is 17.2 Å². The maximum Gasteiger partial charge on any atom is 0.246 e. The molecule has 1 N–H and O–H groups in total. The minimum absolute atomic E-state index is 0.0151. The van der Waals surface area contributed by atoms with Gasteiger partial charge in [0, 0.05) is 13.0 Å². The van der Waals surface area contributed by atoms with Crippen molar-refractivity contribution in [1.82, 2.24) is 0 Å². The van der Waals surface area contributed by atoms with Gasteiger partial charge in [0.05, 0.1) is 11.5 Å². The Morgan fingerprint density at radius 3 is 2.11 bits per heavy atom. The second-order valence-electron chi connectivity index (χ2n) is 5.50. The van der Waals surface area contributed by atoms with E-state index in [4.69, 9.17) is 5.11 Å². The second-order valence-corrected chi connectivity index (χ2v) is 7.73. The molecule has 0 aromatic heterocycles. The molecule has 1 aliphatic rings. The Morgan fingerprint density at radius 2 is 1.67 bits per heavy atom. The summed E-state index contributed by atoms with van der Waals surface area (Å²) < 4.78 is 48.7. The molecule has 18 heavy (non-hydrogen) atoms. The Morgan fingerprint density at radius 1 is 1.17 bits per heavy atom. The van der Waals surface area contributed by atoms with Gasteiger partial charge in [-0.15, -0.1) is 0 Å². The number of halogens is 2. The highest BCUT2D eigenvalue weighted by Crippen LogP contribution is 2.30. The van der Waals surface area contributed by atoms with Gasteiger partial charge >= 0.3 is 0 Å². The largest absolute Gasteiger partial charge is 0.396 e. The Bertz CT molecular complexity index is 341. The maximum atomic E-state index is 12.6. The number of aliphatic hydroxyl groups is 1. The maximum absolute atomic E-state index is 12.6. The molecule has 0 unspecified atom stereocenters. The molecule has 0 heterocycles. The zero-order valence-electron chi connectivity index (χ0n) is 10.7. The van der Waals surface area contributed by atoms with Gasteiger partial charge in [0.1, 0.15) is 0 Å². The lowest BCUT2D eigenvalue weighted by molar-refractivity contribution is 0.0189. The number of hydrogen-bond acceptors (Lipinski definition) is 3. The van der Waals surface area contributed by atoms with Crippen LogP contribution in [0.5, 0.6) is 0 Å². The molecule has 3 nitrogen and oxygen atoms in total. The van der Waals surface area contributed by atoms with Crippen molar-refractivity contribution in [3.05, 3.63) is 0 Å². The van der Waals surface area contributed by atoms with Gasteiger partial charge in [-0.3, -0.25) is 0 Å². The molecule has 0 aromatic rings. The van der Waals surface area contributed by atoms with Crippen LogP contribution in [0.1, 0.15) is 39.0 Å². The van der Waals surface area contributed by atoms with Gasteiger partial charge < -0.3 is 5.11 Å². The van der Waals surface area contributed by atoms with Gasteiger partial charge in [0.15, 0.2) is 9.84 Å². The Balaban J connectivity index is 2.37. The van der Waals surface area contributed by atoms with E-state index in [0.29, 0.717) is 0 Å². The summed E-state index contributed by atoms with van der Waals surface area (Å²) in [6.45, 7) is 0.899. The highest BCUT2D eigenvalue weighted by molar-refractivity contribution is 7.91. The minimum atomic E-state index is -3.38.